The maximum absolute atomic E-state index is 14.2. The van der Waals surface area contributed by atoms with Crippen molar-refractivity contribution in [1.82, 2.24) is 0 Å². The van der Waals surface area contributed by atoms with Gasteiger partial charge in [0.05, 0.1) is 12.1 Å². The molecule has 5 heteroatoms. The lowest BCUT2D eigenvalue weighted by atomic mass is 9.64. The molecule has 0 aromatic heterocycles. The van der Waals surface area contributed by atoms with Gasteiger partial charge in [0.15, 0.2) is 17.3 Å². The number of halogens is 1. The first-order valence-electron chi connectivity index (χ1n) is 11.4. The Hall–Kier alpha value is -3.86. The van der Waals surface area contributed by atoms with E-state index in [-0.39, 0.29) is 17.3 Å². The monoisotopic (exact) mass is 451 g/mol. The van der Waals surface area contributed by atoms with Crippen LogP contribution in [0.4, 0.5) is 10.1 Å². The van der Waals surface area contributed by atoms with Crippen molar-refractivity contribution in [1.29, 1.82) is 0 Å². The standard InChI is InChI=1S/C29H22FNO3/c1-16-7-8-18-11-14-24-29(27(33)21-5-3-4-6-22(21)28(29)34)25(19-9-12-20(30)13-10-19)26(17(2)32)31(24)23(18)15-16/h3-15,24-26H,1-2H3. The second-order valence-electron chi connectivity index (χ2n) is 9.43. The minimum Gasteiger partial charge on any atom is -0.352 e. The molecule has 3 aliphatic rings. The van der Waals surface area contributed by atoms with E-state index in [1.54, 1.807) is 36.4 Å². The molecule has 3 atom stereocenters. The molecule has 3 unspecified atom stereocenters. The van der Waals surface area contributed by atoms with Gasteiger partial charge >= 0.3 is 0 Å². The fourth-order valence-electron chi connectivity index (χ4n) is 6.27. The van der Waals surface area contributed by atoms with Crippen LogP contribution in [0, 0.1) is 18.2 Å². The van der Waals surface area contributed by atoms with Crippen LogP contribution in [0.3, 0.4) is 0 Å². The first-order valence-corrected chi connectivity index (χ1v) is 11.4. The number of carbonyl (C=O) groups excluding carboxylic acids is 3. The van der Waals surface area contributed by atoms with E-state index >= 15 is 0 Å². The molecule has 0 radical (unpaired) electrons. The molecule has 1 fully saturated rings. The quantitative estimate of drug-likeness (QED) is 0.506. The second-order valence-corrected chi connectivity index (χ2v) is 9.43. The number of aryl methyl sites for hydroxylation is 1. The average Bonchev–Trinajstić information content (AvgIpc) is 3.27. The summed E-state index contributed by atoms with van der Waals surface area (Å²) >= 11 is 0. The highest BCUT2D eigenvalue weighted by atomic mass is 19.1. The van der Waals surface area contributed by atoms with Crippen LogP contribution in [0.1, 0.15) is 50.2 Å². The molecule has 3 aromatic carbocycles. The molecular weight excluding hydrogens is 429 g/mol. The fraction of sp³-hybridized carbons (Fsp3) is 0.207. The largest absolute Gasteiger partial charge is 0.352 e. The molecular formula is C29H22FNO3. The highest BCUT2D eigenvalue weighted by Crippen LogP contribution is 2.60. The van der Waals surface area contributed by atoms with E-state index in [0.29, 0.717) is 16.7 Å². The molecule has 0 N–H and O–H groups in total. The van der Waals surface area contributed by atoms with Crippen LogP contribution in [0.25, 0.3) is 6.08 Å². The van der Waals surface area contributed by atoms with E-state index in [9.17, 15) is 18.8 Å². The highest BCUT2D eigenvalue weighted by Gasteiger charge is 2.71. The zero-order chi connectivity index (χ0) is 23.8. The van der Waals surface area contributed by atoms with Gasteiger partial charge in [0, 0.05) is 22.7 Å². The van der Waals surface area contributed by atoms with Crippen molar-refractivity contribution in [2.45, 2.75) is 31.8 Å². The number of nitrogens with zero attached hydrogens (tertiary/aromatic N) is 1. The molecule has 2 aliphatic heterocycles. The van der Waals surface area contributed by atoms with Gasteiger partial charge in [0.2, 0.25) is 0 Å². The third-order valence-electron chi connectivity index (χ3n) is 7.61. The Balaban J connectivity index is 1.69. The van der Waals surface area contributed by atoms with Gasteiger partial charge in [-0.25, -0.2) is 4.39 Å². The average molecular weight is 451 g/mol. The summed E-state index contributed by atoms with van der Waals surface area (Å²) in [6.45, 7) is 3.48. The molecule has 1 saturated heterocycles. The summed E-state index contributed by atoms with van der Waals surface area (Å²) in [5.41, 5.74) is 2.62. The molecule has 34 heavy (non-hydrogen) atoms. The Kier molecular flexibility index (Phi) is 4.31. The predicted molar refractivity (Wildman–Crippen MR) is 128 cm³/mol. The number of ketones is 3. The Labute approximate surface area is 196 Å². The smallest absolute Gasteiger partial charge is 0.180 e. The Morgan fingerprint density at radius 3 is 2.21 bits per heavy atom. The number of hydrogen-bond acceptors (Lipinski definition) is 4. The van der Waals surface area contributed by atoms with Gasteiger partial charge in [-0.1, -0.05) is 60.7 Å². The summed E-state index contributed by atoms with van der Waals surface area (Å²) in [6, 6.07) is 17.3. The molecule has 4 nitrogen and oxygen atoms in total. The zero-order valence-electron chi connectivity index (χ0n) is 18.8. The number of hydrogen-bond donors (Lipinski definition) is 0. The number of anilines is 1. The second kappa shape index (κ2) is 7.07. The summed E-state index contributed by atoms with van der Waals surface area (Å²) in [4.78, 5) is 43.7. The Morgan fingerprint density at radius 1 is 0.941 bits per heavy atom. The van der Waals surface area contributed by atoms with E-state index in [4.69, 9.17) is 0 Å². The fourth-order valence-corrected chi connectivity index (χ4v) is 6.27. The van der Waals surface area contributed by atoms with Gasteiger partial charge in [-0.15, -0.1) is 0 Å². The molecule has 0 saturated carbocycles. The lowest BCUT2D eigenvalue weighted by molar-refractivity contribution is -0.118. The van der Waals surface area contributed by atoms with Crippen molar-refractivity contribution in [2.24, 2.45) is 5.41 Å². The summed E-state index contributed by atoms with van der Waals surface area (Å²) in [7, 11) is 0. The molecule has 0 amide bonds. The SMILES string of the molecule is CC(=O)C1C(c2ccc(F)cc2)C2(C(=O)c3ccccc3C2=O)C2C=Cc3ccc(C)cc3N12. The molecule has 168 valence electrons. The van der Waals surface area contributed by atoms with Gasteiger partial charge in [-0.05, 0) is 48.7 Å². The number of rotatable bonds is 2. The Bertz CT molecular complexity index is 1390. The maximum atomic E-state index is 14.2. The van der Waals surface area contributed by atoms with Crippen LogP contribution in [0.15, 0.2) is 72.8 Å². The van der Waals surface area contributed by atoms with Gasteiger partial charge in [0.25, 0.3) is 0 Å². The first kappa shape index (κ1) is 20.7. The minimum atomic E-state index is -1.52. The topological polar surface area (TPSA) is 54.5 Å². The zero-order valence-corrected chi connectivity index (χ0v) is 18.8. The Morgan fingerprint density at radius 2 is 1.59 bits per heavy atom. The highest BCUT2D eigenvalue weighted by molar-refractivity contribution is 6.32. The van der Waals surface area contributed by atoms with Crippen LogP contribution in [0.5, 0.6) is 0 Å². The third-order valence-corrected chi connectivity index (χ3v) is 7.61. The van der Waals surface area contributed by atoms with Crippen molar-refractivity contribution < 1.29 is 18.8 Å². The van der Waals surface area contributed by atoms with E-state index in [2.05, 4.69) is 0 Å². The van der Waals surface area contributed by atoms with Crippen LogP contribution in [0.2, 0.25) is 0 Å². The van der Waals surface area contributed by atoms with Crippen molar-refractivity contribution in [2.75, 3.05) is 4.90 Å². The number of benzene rings is 3. The molecule has 3 aromatic rings. The van der Waals surface area contributed by atoms with Crippen LogP contribution >= 0.6 is 0 Å². The molecule has 1 spiro atoms. The summed E-state index contributed by atoms with van der Waals surface area (Å²) < 4.78 is 13.9. The van der Waals surface area contributed by atoms with Crippen molar-refractivity contribution >= 4 is 29.1 Å². The van der Waals surface area contributed by atoms with E-state index in [0.717, 1.165) is 16.8 Å². The summed E-state index contributed by atoms with van der Waals surface area (Å²) in [5.74, 6) is -1.88. The molecule has 2 heterocycles. The first-order chi connectivity index (χ1) is 16.4. The van der Waals surface area contributed by atoms with Gasteiger partial charge < -0.3 is 4.90 Å². The lowest BCUT2D eigenvalue weighted by Gasteiger charge is -2.37. The van der Waals surface area contributed by atoms with Crippen molar-refractivity contribution in [3.8, 4) is 0 Å². The van der Waals surface area contributed by atoms with Gasteiger partial charge in [-0.3, -0.25) is 14.4 Å². The summed E-state index contributed by atoms with van der Waals surface area (Å²) in [5, 5.41) is 0. The predicted octanol–water partition coefficient (Wildman–Crippen LogP) is 5.16. The minimum absolute atomic E-state index is 0.143. The number of carbonyl (C=O) groups is 3. The normalized spacial score (nSPS) is 23.7. The van der Waals surface area contributed by atoms with E-state index in [1.165, 1.54) is 19.1 Å². The van der Waals surface area contributed by atoms with Crippen LogP contribution in [-0.4, -0.2) is 29.4 Å². The number of fused-ring (bicyclic) bond motifs is 5. The van der Waals surface area contributed by atoms with Crippen LogP contribution < -0.4 is 4.90 Å². The summed E-state index contributed by atoms with van der Waals surface area (Å²) in [6.07, 6.45) is 3.82. The van der Waals surface area contributed by atoms with Gasteiger partial charge in [-0.2, -0.15) is 0 Å². The number of Topliss-reactive ketones (excluding diaryl/α,β-unsaturated/α-hetero) is 3. The van der Waals surface area contributed by atoms with Crippen molar-refractivity contribution in [3.05, 3.63) is 106 Å². The molecule has 6 rings (SSSR count). The maximum Gasteiger partial charge on any atom is 0.180 e. The van der Waals surface area contributed by atoms with E-state index < -0.39 is 29.2 Å². The van der Waals surface area contributed by atoms with Crippen LogP contribution in [-0.2, 0) is 4.79 Å². The van der Waals surface area contributed by atoms with E-state index in [1.807, 2.05) is 42.2 Å². The molecule has 0 bridgehead atoms. The molecule has 1 aliphatic carbocycles. The lowest BCUT2D eigenvalue weighted by Crippen LogP contribution is -2.48. The van der Waals surface area contributed by atoms with Crippen molar-refractivity contribution in [3.63, 3.8) is 0 Å². The third kappa shape index (κ3) is 2.50. The van der Waals surface area contributed by atoms with Gasteiger partial charge in [0.1, 0.15) is 11.2 Å².